The zero-order valence-corrected chi connectivity index (χ0v) is 13.7. The van der Waals surface area contributed by atoms with Crippen LogP contribution in [0.1, 0.15) is 26.7 Å². The van der Waals surface area contributed by atoms with E-state index < -0.39 is 12.1 Å². The van der Waals surface area contributed by atoms with Gasteiger partial charge in [0.05, 0.1) is 10.7 Å². The largest absolute Gasteiger partial charge is 0.342 e. The Morgan fingerprint density at radius 3 is 2.55 bits per heavy atom. The average molecular weight is 360 g/mol. The van der Waals surface area contributed by atoms with E-state index in [-0.39, 0.29) is 11.8 Å². The fourth-order valence-electron chi connectivity index (χ4n) is 2.38. The third kappa shape index (κ3) is 2.69. The topological polar surface area (TPSA) is 49.4 Å². The van der Waals surface area contributed by atoms with Crippen LogP contribution in [0.3, 0.4) is 0 Å². The average Bonchev–Trinajstić information content (AvgIpc) is 2.41. The second-order valence-electron chi connectivity index (χ2n) is 4.70. The maximum absolute atomic E-state index is 12.5. The molecule has 6 heteroatoms. The van der Waals surface area contributed by atoms with Crippen molar-refractivity contribution < 1.29 is 9.59 Å². The summed E-state index contributed by atoms with van der Waals surface area (Å²) in [5.74, 6) is -0.235. The van der Waals surface area contributed by atoms with Crippen LogP contribution in [-0.4, -0.2) is 23.9 Å². The maximum Gasteiger partial charge on any atom is 0.250 e. The molecule has 2 amide bonds. The Morgan fingerprint density at radius 1 is 1.30 bits per heavy atom. The molecule has 0 aromatic heterocycles. The van der Waals surface area contributed by atoms with Crippen LogP contribution >= 0.6 is 27.5 Å². The van der Waals surface area contributed by atoms with Crippen molar-refractivity contribution in [1.29, 1.82) is 0 Å². The molecular weight excluding hydrogens is 344 g/mol. The number of carbonyl (C=O) groups excluding carboxylic acids is 2. The molecule has 20 heavy (non-hydrogen) atoms. The molecule has 0 aliphatic carbocycles. The Labute approximate surface area is 131 Å². The number of rotatable bonds is 3. The summed E-state index contributed by atoms with van der Waals surface area (Å²) in [6.07, 6.45) is 1.10. The zero-order chi connectivity index (χ0) is 14.9. The highest BCUT2D eigenvalue weighted by Crippen LogP contribution is 2.32. The first-order valence-corrected chi connectivity index (χ1v) is 7.75. The number of benzene rings is 1. The molecule has 1 aliphatic rings. The predicted molar refractivity (Wildman–Crippen MR) is 82.9 cm³/mol. The first-order chi connectivity index (χ1) is 9.49. The van der Waals surface area contributed by atoms with Crippen molar-refractivity contribution in [3.63, 3.8) is 0 Å². The van der Waals surface area contributed by atoms with Crippen LogP contribution in [-0.2, 0) is 9.59 Å². The highest BCUT2D eigenvalue weighted by molar-refractivity contribution is 9.10. The number of anilines is 1. The summed E-state index contributed by atoms with van der Waals surface area (Å²) in [6.45, 7) is 3.75. The van der Waals surface area contributed by atoms with Gasteiger partial charge in [0.2, 0.25) is 11.8 Å². The van der Waals surface area contributed by atoms with Gasteiger partial charge in [-0.2, -0.15) is 0 Å². The molecule has 4 nitrogen and oxygen atoms in total. The van der Waals surface area contributed by atoms with E-state index in [1.165, 1.54) is 4.90 Å². The van der Waals surface area contributed by atoms with Crippen LogP contribution in [0.4, 0.5) is 5.69 Å². The van der Waals surface area contributed by atoms with E-state index in [1.54, 1.807) is 12.1 Å². The van der Waals surface area contributed by atoms with Crippen LogP contribution in [0.2, 0.25) is 5.02 Å². The molecule has 1 aliphatic heterocycles. The molecule has 1 aromatic rings. The lowest BCUT2D eigenvalue weighted by molar-refractivity contribution is -0.134. The van der Waals surface area contributed by atoms with Crippen LogP contribution in [0.25, 0.3) is 0 Å². The van der Waals surface area contributed by atoms with Gasteiger partial charge >= 0.3 is 0 Å². The zero-order valence-electron chi connectivity index (χ0n) is 11.3. The van der Waals surface area contributed by atoms with Gasteiger partial charge < -0.3 is 5.32 Å². The Morgan fingerprint density at radius 2 is 2.00 bits per heavy atom. The number of halogens is 2. The van der Waals surface area contributed by atoms with Crippen LogP contribution in [0.5, 0.6) is 0 Å². The van der Waals surface area contributed by atoms with E-state index in [0.717, 1.165) is 4.47 Å². The van der Waals surface area contributed by atoms with Crippen molar-refractivity contribution in [2.24, 2.45) is 0 Å². The third-order valence-corrected chi connectivity index (χ3v) is 4.23. The molecule has 0 radical (unpaired) electrons. The Kier molecular flexibility index (Phi) is 4.70. The molecule has 2 atom stereocenters. The molecule has 1 saturated heterocycles. The van der Waals surface area contributed by atoms with Crippen molar-refractivity contribution >= 4 is 45.0 Å². The molecule has 2 rings (SSSR count). The van der Waals surface area contributed by atoms with Crippen LogP contribution < -0.4 is 10.2 Å². The van der Waals surface area contributed by atoms with Crippen molar-refractivity contribution in [2.75, 3.05) is 4.90 Å². The first-order valence-electron chi connectivity index (χ1n) is 6.58. The van der Waals surface area contributed by atoms with Gasteiger partial charge in [0.1, 0.15) is 12.1 Å². The molecule has 0 saturated carbocycles. The third-order valence-electron chi connectivity index (χ3n) is 3.43. The van der Waals surface area contributed by atoms with Crippen molar-refractivity contribution in [2.45, 2.75) is 38.8 Å². The maximum atomic E-state index is 12.5. The van der Waals surface area contributed by atoms with Crippen molar-refractivity contribution in [1.82, 2.24) is 5.32 Å². The highest BCUT2D eigenvalue weighted by atomic mass is 79.9. The van der Waals surface area contributed by atoms with Gasteiger partial charge in [-0.25, -0.2) is 0 Å². The minimum Gasteiger partial charge on any atom is -0.342 e. The number of nitrogens with zero attached hydrogens (tertiary/aromatic N) is 1. The molecular formula is C14H16BrClN2O2. The van der Waals surface area contributed by atoms with Gasteiger partial charge in [0.25, 0.3) is 0 Å². The molecule has 0 bridgehead atoms. The second kappa shape index (κ2) is 6.14. The molecule has 0 spiro atoms. The molecule has 108 valence electrons. The molecule has 1 aromatic carbocycles. The quantitative estimate of drug-likeness (QED) is 0.901. The van der Waals surface area contributed by atoms with Crippen LogP contribution in [0.15, 0.2) is 22.7 Å². The van der Waals surface area contributed by atoms with Gasteiger partial charge in [0, 0.05) is 4.47 Å². The fourth-order valence-corrected chi connectivity index (χ4v) is 3.14. The molecule has 1 heterocycles. The Bertz CT molecular complexity index is 550. The Hall–Kier alpha value is -1.07. The number of hydrogen-bond acceptors (Lipinski definition) is 2. The first kappa shape index (κ1) is 15.3. The summed E-state index contributed by atoms with van der Waals surface area (Å²) < 4.78 is 0.834. The number of hydrogen-bond donors (Lipinski definition) is 1. The summed E-state index contributed by atoms with van der Waals surface area (Å²) in [5.41, 5.74) is 0.583. The minimum absolute atomic E-state index is 0.108. The normalized spacial score (nSPS) is 22.9. The lowest BCUT2D eigenvalue weighted by Crippen LogP contribution is -2.63. The van der Waals surface area contributed by atoms with E-state index >= 15 is 0 Å². The summed E-state index contributed by atoms with van der Waals surface area (Å²) in [7, 11) is 0. The molecule has 1 fully saturated rings. The Balaban J connectivity index is 2.47. The minimum atomic E-state index is -0.510. The lowest BCUT2D eigenvalue weighted by atomic mass is 10.0. The number of nitrogens with one attached hydrogen (secondary N) is 1. The number of piperazine rings is 1. The lowest BCUT2D eigenvalue weighted by Gasteiger charge is -2.38. The summed E-state index contributed by atoms with van der Waals surface area (Å²) in [5, 5.41) is 3.22. The SMILES string of the molecule is CCC1NC(=O)C(CC)N(c2ccc(Br)cc2Cl)C1=O. The van der Waals surface area contributed by atoms with Gasteiger partial charge in [-0.05, 0) is 31.0 Å². The van der Waals surface area contributed by atoms with Gasteiger partial charge in [0.15, 0.2) is 0 Å². The van der Waals surface area contributed by atoms with E-state index in [2.05, 4.69) is 21.2 Å². The summed E-state index contributed by atoms with van der Waals surface area (Å²) in [4.78, 5) is 26.2. The van der Waals surface area contributed by atoms with Crippen molar-refractivity contribution in [3.05, 3.63) is 27.7 Å². The van der Waals surface area contributed by atoms with Crippen molar-refractivity contribution in [3.8, 4) is 0 Å². The van der Waals surface area contributed by atoms with E-state index in [1.807, 2.05) is 19.9 Å². The molecule has 1 N–H and O–H groups in total. The molecule has 2 unspecified atom stereocenters. The van der Waals surface area contributed by atoms with Gasteiger partial charge in [-0.3, -0.25) is 14.5 Å². The predicted octanol–water partition coefficient (Wildman–Crippen LogP) is 3.12. The monoisotopic (exact) mass is 358 g/mol. The summed E-state index contributed by atoms with van der Waals surface area (Å²) >= 11 is 9.57. The smallest absolute Gasteiger partial charge is 0.250 e. The number of carbonyl (C=O) groups is 2. The standard InChI is InChI=1S/C14H16BrClN2O2/c1-3-10-14(20)18(11(4-2)13(19)17-10)12-6-5-8(15)7-9(12)16/h5-7,10-11H,3-4H2,1-2H3,(H,17,19). The van der Waals surface area contributed by atoms with E-state index in [9.17, 15) is 9.59 Å². The van der Waals surface area contributed by atoms with E-state index in [0.29, 0.717) is 23.6 Å². The van der Waals surface area contributed by atoms with Gasteiger partial charge in [-0.15, -0.1) is 0 Å². The van der Waals surface area contributed by atoms with E-state index in [4.69, 9.17) is 11.6 Å². The highest BCUT2D eigenvalue weighted by Gasteiger charge is 2.40. The number of amides is 2. The summed E-state index contributed by atoms with van der Waals surface area (Å²) in [6, 6.07) is 4.31. The van der Waals surface area contributed by atoms with Gasteiger partial charge in [-0.1, -0.05) is 41.4 Å². The second-order valence-corrected chi connectivity index (χ2v) is 6.02. The fraction of sp³-hybridized carbons (Fsp3) is 0.429. The van der Waals surface area contributed by atoms with Crippen LogP contribution in [0, 0.1) is 0 Å².